The van der Waals surface area contributed by atoms with Gasteiger partial charge in [0.05, 0.1) is 5.69 Å². The van der Waals surface area contributed by atoms with E-state index in [1.54, 1.807) is 24.5 Å². The minimum absolute atomic E-state index is 0.185. The lowest BCUT2D eigenvalue weighted by Crippen LogP contribution is -2.06. The number of hydrogen-bond donors (Lipinski definition) is 3. The summed E-state index contributed by atoms with van der Waals surface area (Å²) < 4.78 is 0. The normalized spacial score (nSPS) is 14.4. The van der Waals surface area contributed by atoms with E-state index in [1.165, 1.54) is 0 Å². The topological polar surface area (TPSA) is 81.8 Å². The van der Waals surface area contributed by atoms with Crippen LogP contribution in [0, 0.1) is 0 Å². The maximum atomic E-state index is 11.4. The number of aromatic nitrogens is 3. The Morgan fingerprint density at radius 3 is 2.72 bits per heavy atom. The lowest BCUT2D eigenvalue weighted by atomic mass is 9.98. The summed E-state index contributed by atoms with van der Waals surface area (Å²) in [5.74, 6) is 0.185. The first-order valence-electron chi connectivity index (χ1n) is 6.03. The van der Waals surface area contributed by atoms with Gasteiger partial charge in [0.25, 0.3) is 0 Å². The molecular weight excluding hydrogens is 230 g/mol. The van der Waals surface area contributed by atoms with E-state index >= 15 is 0 Å². The van der Waals surface area contributed by atoms with Gasteiger partial charge in [-0.3, -0.25) is 4.98 Å². The van der Waals surface area contributed by atoms with Crippen molar-refractivity contribution in [1.29, 1.82) is 0 Å². The summed E-state index contributed by atoms with van der Waals surface area (Å²) in [4.78, 5) is 20.8. The van der Waals surface area contributed by atoms with Gasteiger partial charge in [0, 0.05) is 23.7 Å². The fraction of sp³-hybridized carbons (Fsp3) is 0.385. The first-order chi connectivity index (χ1) is 8.63. The van der Waals surface area contributed by atoms with Crippen molar-refractivity contribution >= 4 is 0 Å². The van der Waals surface area contributed by atoms with Gasteiger partial charge in [0.1, 0.15) is 6.10 Å². The molecule has 0 amide bonds. The fourth-order valence-electron chi connectivity index (χ4n) is 1.92. The van der Waals surface area contributed by atoms with E-state index in [4.69, 9.17) is 0 Å². The van der Waals surface area contributed by atoms with Gasteiger partial charge >= 0.3 is 5.69 Å². The van der Waals surface area contributed by atoms with Crippen LogP contribution >= 0.6 is 0 Å². The Balaban J connectivity index is 2.42. The van der Waals surface area contributed by atoms with Gasteiger partial charge in [-0.1, -0.05) is 19.9 Å². The van der Waals surface area contributed by atoms with Crippen LogP contribution in [0.15, 0.2) is 29.3 Å². The summed E-state index contributed by atoms with van der Waals surface area (Å²) in [5, 5.41) is 10.3. The molecule has 18 heavy (non-hydrogen) atoms. The maximum Gasteiger partial charge on any atom is 0.323 e. The monoisotopic (exact) mass is 247 g/mol. The van der Waals surface area contributed by atoms with Crippen LogP contribution in [0.2, 0.25) is 0 Å². The molecule has 2 aromatic rings. The third-order valence-corrected chi connectivity index (χ3v) is 3.17. The van der Waals surface area contributed by atoms with Crippen molar-refractivity contribution in [2.24, 2.45) is 0 Å². The van der Waals surface area contributed by atoms with Crippen LogP contribution in [-0.2, 0) is 0 Å². The van der Waals surface area contributed by atoms with Crippen LogP contribution in [0.4, 0.5) is 0 Å². The smallest absolute Gasteiger partial charge is 0.323 e. The molecule has 5 nitrogen and oxygen atoms in total. The number of nitrogens with one attached hydrogen (secondary N) is 2. The molecule has 2 aromatic heterocycles. The van der Waals surface area contributed by atoms with Gasteiger partial charge in [0.2, 0.25) is 0 Å². The molecule has 0 aliphatic heterocycles. The number of hydrogen-bond acceptors (Lipinski definition) is 3. The van der Waals surface area contributed by atoms with Gasteiger partial charge in [0.15, 0.2) is 0 Å². The zero-order valence-electron chi connectivity index (χ0n) is 10.5. The van der Waals surface area contributed by atoms with Gasteiger partial charge in [-0.15, -0.1) is 0 Å². The standard InChI is InChI=1S/C13H17N3O2/c1-3-8(2)10-11(16-13(18)15-10)12(17)9-5-4-6-14-7-9/h4-8,12,17H,3H2,1-2H3,(H2,15,16,18). The molecule has 3 N–H and O–H groups in total. The van der Waals surface area contributed by atoms with Crippen molar-refractivity contribution in [1.82, 2.24) is 15.0 Å². The molecule has 0 spiro atoms. The van der Waals surface area contributed by atoms with Crippen LogP contribution < -0.4 is 5.69 Å². The average Bonchev–Trinajstić information content (AvgIpc) is 2.80. The summed E-state index contributed by atoms with van der Waals surface area (Å²) >= 11 is 0. The van der Waals surface area contributed by atoms with E-state index in [9.17, 15) is 9.90 Å². The minimum atomic E-state index is -0.860. The Kier molecular flexibility index (Phi) is 3.62. The molecule has 0 bridgehead atoms. The number of imidazole rings is 1. The second-order valence-electron chi connectivity index (χ2n) is 4.40. The van der Waals surface area contributed by atoms with Crippen molar-refractivity contribution in [3.05, 3.63) is 52.0 Å². The number of aromatic amines is 2. The van der Waals surface area contributed by atoms with Crippen molar-refractivity contribution in [2.75, 3.05) is 0 Å². The van der Waals surface area contributed by atoms with Crippen LogP contribution in [0.25, 0.3) is 0 Å². The summed E-state index contributed by atoms with van der Waals surface area (Å²) in [6.45, 7) is 4.05. The van der Waals surface area contributed by atoms with E-state index in [1.807, 2.05) is 13.8 Å². The Morgan fingerprint density at radius 2 is 2.11 bits per heavy atom. The van der Waals surface area contributed by atoms with Crippen LogP contribution in [0.5, 0.6) is 0 Å². The number of aliphatic hydroxyl groups excluding tert-OH is 1. The molecule has 0 aliphatic rings. The zero-order valence-corrected chi connectivity index (χ0v) is 10.5. The van der Waals surface area contributed by atoms with Crippen LogP contribution in [-0.4, -0.2) is 20.1 Å². The Bertz CT molecular complexity index is 559. The SMILES string of the molecule is CCC(C)c1[nH]c(=O)[nH]c1C(O)c1cccnc1. The van der Waals surface area contributed by atoms with Crippen molar-refractivity contribution in [2.45, 2.75) is 32.3 Å². The van der Waals surface area contributed by atoms with Gasteiger partial charge in [-0.2, -0.15) is 0 Å². The third-order valence-electron chi connectivity index (χ3n) is 3.17. The van der Waals surface area contributed by atoms with Gasteiger partial charge in [-0.25, -0.2) is 4.79 Å². The summed E-state index contributed by atoms with van der Waals surface area (Å²) in [5.41, 5.74) is 1.67. The number of H-pyrrole nitrogens is 2. The molecule has 2 unspecified atom stereocenters. The Morgan fingerprint density at radius 1 is 1.39 bits per heavy atom. The van der Waals surface area contributed by atoms with Crippen LogP contribution in [0.1, 0.15) is 49.2 Å². The molecule has 0 saturated heterocycles. The molecule has 0 radical (unpaired) electrons. The van der Waals surface area contributed by atoms with E-state index in [-0.39, 0.29) is 11.6 Å². The number of rotatable bonds is 4. The Labute approximate surface area is 105 Å². The zero-order chi connectivity index (χ0) is 13.1. The van der Waals surface area contributed by atoms with Crippen LogP contribution in [0.3, 0.4) is 0 Å². The first-order valence-corrected chi connectivity index (χ1v) is 6.03. The number of nitrogens with zero attached hydrogens (tertiary/aromatic N) is 1. The largest absolute Gasteiger partial charge is 0.382 e. The highest BCUT2D eigenvalue weighted by Crippen LogP contribution is 2.26. The molecule has 2 atom stereocenters. The molecule has 5 heteroatoms. The molecule has 96 valence electrons. The summed E-state index contributed by atoms with van der Waals surface area (Å²) in [6, 6.07) is 3.54. The predicted molar refractivity (Wildman–Crippen MR) is 68.4 cm³/mol. The van der Waals surface area contributed by atoms with E-state index in [0.717, 1.165) is 12.1 Å². The lowest BCUT2D eigenvalue weighted by molar-refractivity contribution is 0.213. The van der Waals surface area contributed by atoms with E-state index in [0.29, 0.717) is 11.3 Å². The first kappa shape index (κ1) is 12.6. The van der Waals surface area contributed by atoms with Crippen molar-refractivity contribution in [3.63, 3.8) is 0 Å². The van der Waals surface area contributed by atoms with Crippen molar-refractivity contribution in [3.8, 4) is 0 Å². The molecule has 2 heterocycles. The highest BCUT2D eigenvalue weighted by Gasteiger charge is 2.20. The highest BCUT2D eigenvalue weighted by molar-refractivity contribution is 5.27. The quantitative estimate of drug-likeness (QED) is 0.769. The van der Waals surface area contributed by atoms with Crippen molar-refractivity contribution < 1.29 is 5.11 Å². The molecule has 0 fully saturated rings. The highest BCUT2D eigenvalue weighted by atomic mass is 16.3. The average molecular weight is 247 g/mol. The molecule has 0 aliphatic carbocycles. The molecular formula is C13H17N3O2. The molecule has 2 rings (SSSR count). The predicted octanol–water partition coefficient (Wildman–Crippen LogP) is 1.69. The molecule has 0 aromatic carbocycles. The summed E-state index contributed by atoms with van der Waals surface area (Å²) in [7, 11) is 0. The minimum Gasteiger partial charge on any atom is -0.382 e. The maximum absolute atomic E-state index is 11.4. The second-order valence-corrected chi connectivity index (χ2v) is 4.40. The third kappa shape index (κ3) is 2.36. The number of aliphatic hydroxyl groups is 1. The number of pyridine rings is 1. The van der Waals surface area contributed by atoms with E-state index < -0.39 is 6.10 Å². The van der Waals surface area contributed by atoms with Gasteiger partial charge in [-0.05, 0) is 18.4 Å². The second kappa shape index (κ2) is 5.18. The lowest BCUT2D eigenvalue weighted by Gasteiger charge is -2.14. The van der Waals surface area contributed by atoms with Gasteiger partial charge < -0.3 is 15.1 Å². The van der Waals surface area contributed by atoms with E-state index in [2.05, 4.69) is 15.0 Å². The summed E-state index contributed by atoms with van der Waals surface area (Å²) in [6.07, 6.45) is 3.27. The Hall–Kier alpha value is -1.88. The molecule has 0 saturated carbocycles. The fourth-order valence-corrected chi connectivity index (χ4v) is 1.92.